The minimum Gasteiger partial charge on any atom is -0.332 e. The second kappa shape index (κ2) is 6.16. The summed E-state index contributed by atoms with van der Waals surface area (Å²) in [5, 5.41) is 11.2. The number of aromatic nitrogens is 2. The van der Waals surface area contributed by atoms with Crippen LogP contribution < -0.4 is 10.6 Å². The Bertz CT molecular complexity index is 577. The molecule has 0 bridgehead atoms. The highest BCUT2D eigenvalue weighted by molar-refractivity contribution is 9.10. The normalized spacial score (nSPS) is 10.3. The number of nitrogens with one attached hydrogen (secondary N) is 2. The molecule has 1 aromatic heterocycles. The monoisotopic (exact) mass is 338 g/mol. The molecule has 0 atom stereocenters. The second-order valence-corrected chi connectivity index (χ2v) is 5.39. The van der Waals surface area contributed by atoms with Gasteiger partial charge in [0.15, 0.2) is 5.11 Å². The van der Waals surface area contributed by atoms with Gasteiger partial charge in [-0.05, 0) is 50.3 Å². The van der Waals surface area contributed by atoms with E-state index in [1.807, 2.05) is 42.1 Å². The number of hydrogen-bond acceptors (Lipinski definition) is 2. The predicted octanol–water partition coefficient (Wildman–Crippen LogP) is 3.78. The molecule has 4 nitrogen and oxygen atoms in total. The molecule has 0 fully saturated rings. The molecule has 0 aliphatic rings. The van der Waals surface area contributed by atoms with Crippen LogP contribution in [0.1, 0.15) is 12.6 Å². The van der Waals surface area contributed by atoms with Crippen molar-refractivity contribution in [2.24, 2.45) is 0 Å². The number of nitrogens with zero attached hydrogens (tertiary/aromatic N) is 2. The fourth-order valence-corrected chi connectivity index (χ4v) is 2.11. The van der Waals surface area contributed by atoms with Gasteiger partial charge in [-0.15, -0.1) is 0 Å². The Hall–Kier alpha value is -1.40. The molecule has 0 saturated carbocycles. The maximum atomic E-state index is 5.29. The van der Waals surface area contributed by atoms with Crippen LogP contribution in [0, 0.1) is 6.92 Å². The number of anilines is 2. The van der Waals surface area contributed by atoms with Gasteiger partial charge in [-0.2, -0.15) is 5.10 Å². The van der Waals surface area contributed by atoms with Crippen LogP contribution in [0.2, 0.25) is 0 Å². The summed E-state index contributed by atoms with van der Waals surface area (Å²) in [5.74, 6) is 0. The van der Waals surface area contributed by atoms with E-state index in [4.69, 9.17) is 12.2 Å². The molecule has 2 rings (SSSR count). The predicted molar refractivity (Wildman–Crippen MR) is 86.6 cm³/mol. The van der Waals surface area contributed by atoms with E-state index in [1.54, 1.807) is 0 Å². The standard InChI is InChI=1S/C13H15BrN4S/c1-3-18-8-12(9(2)17-18)16-13(19)15-11-6-4-10(14)5-7-11/h4-8H,3H2,1-2H3,(H2,15,16,19). The van der Waals surface area contributed by atoms with Crippen molar-refractivity contribution in [1.29, 1.82) is 0 Å². The van der Waals surface area contributed by atoms with Crippen molar-refractivity contribution in [3.63, 3.8) is 0 Å². The van der Waals surface area contributed by atoms with Gasteiger partial charge in [0, 0.05) is 22.9 Å². The zero-order valence-corrected chi connectivity index (χ0v) is 13.2. The minimum absolute atomic E-state index is 0.557. The van der Waals surface area contributed by atoms with Crippen LogP contribution in [-0.4, -0.2) is 14.9 Å². The smallest absolute Gasteiger partial charge is 0.175 e. The molecule has 0 radical (unpaired) electrons. The van der Waals surface area contributed by atoms with E-state index >= 15 is 0 Å². The van der Waals surface area contributed by atoms with Gasteiger partial charge in [0.05, 0.1) is 11.4 Å². The Balaban J connectivity index is 2.00. The van der Waals surface area contributed by atoms with Crippen molar-refractivity contribution in [3.8, 4) is 0 Å². The fraction of sp³-hybridized carbons (Fsp3) is 0.231. The van der Waals surface area contributed by atoms with E-state index in [0.717, 1.165) is 28.1 Å². The molecule has 2 aromatic rings. The van der Waals surface area contributed by atoms with Gasteiger partial charge in [0.1, 0.15) is 0 Å². The van der Waals surface area contributed by atoms with Gasteiger partial charge in [0.25, 0.3) is 0 Å². The molecule has 0 aliphatic carbocycles. The lowest BCUT2D eigenvalue weighted by Crippen LogP contribution is -2.19. The third-order valence-electron chi connectivity index (χ3n) is 2.62. The summed E-state index contributed by atoms with van der Waals surface area (Å²) in [5.41, 5.74) is 2.81. The SMILES string of the molecule is CCn1cc(NC(=S)Nc2ccc(Br)cc2)c(C)n1. The molecule has 6 heteroatoms. The molecule has 0 saturated heterocycles. The van der Waals surface area contributed by atoms with E-state index in [0.29, 0.717) is 5.11 Å². The molecule has 100 valence electrons. The van der Waals surface area contributed by atoms with Gasteiger partial charge in [-0.1, -0.05) is 15.9 Å². The van der Waals surface area contributed by atoms with Crippen LogP contribution in [-0.2, 0) is 6.54 Å². The lowest BCUT2D eigenvalue weighted by atomic mass is 10.3. The van der Waals surface area contributed by atoms with Crippen LogP contribution in [0.25, 0.3) is 0 Å². The number of halogens is 1. The first-order valence-corrected chi connectivity index (χ1v) is 7.16. The van der Waals surface area contributed by atoms with E-state index in [-0.39, 0.29) is 0 Å². The second-order valence-electron chi connectivity index (χ2n) is 4.07. The first kappa shape index (κ1) is 14.0. The topological polar surface area (TPSA) is 41.9 Å². The Morgan fingerprint density at radius 3 is 2.58 bits per heavy atom. The van der Waals surface area contributed by atoms with Gasteiger partial charge in [-0.25, -0.2) is 0 Å². The summed E-state index contributed by atoms with van der Waals surface area (Å²) in [6.07, 6.45) is 1.95. The Kier molecular flexibility index (Phi) is 4.55. The summed E-state index contributed by atoms with van der Waals surface area (Å²) < 4.78 is 2.91. The molecule has 0 unspecified atom stereocenters. The van der Waals surface area contributed by atoms with Crippen molar-refractivity contribution >= 4 is 44.6 Å². The first-order valence-electron chi connectivity index (χ1n) is 5.96. The highest BCUT2D eigenvalue weighted by Crippen LogP contribution is 2.16. The number of hydrogen-bond donors (Lipinski definition) is 2. The van der Waals surface area contributed by atoms with Crippen LogP contribution >= 0.6 is 28.1 Å². The Labute approximate surface area is 126 Å². The summed E-state index contributed by atoms with van der Waals surface area (Å²) in [7, 11) is 0. The highest BCUT2D eigenvalue weighted by Gasteiger charge is 2.05. The maximum Gasteiger partial charge on any atom is 0.175 e. The van der Waals surface area contributed by atoms with E-state index in [1.165, 1.54) is 0 Å². The van der Waals surface area contributed by atoms with Crippen molar-refractivity contribution in [1.82, 2.24) is 9.78 Å². The molecule has 0 aliphatic heterocycles. The van der Waals surface area contributed by atoms with Crippen molar-refractivity contribution in [2.75, 3.05) is 10.6 Å². The van der Waals surface area contributed by atoms with Crippen LogP contribution in [0.15, 0.2) is 34.9 Å². The maximum absolute atomic E-state index is 5.29. The van der Waals surface area contributed by atoms with Gasteiger partial charge >= 0.3 is 0 Å². The quantitative estimate of drug-likeness (QED) is 0.835. The van der Waals surface area contributed by atoms with Crippen molar-refractivity contribution < 1.29 is 0 Å². The van der Waals surface area contributed by atoms with Crippen LogP contribution in [0.4, 0.5) is 11.4 Å². The van der Waals surface area contributed by atoms with Crippen molar-refractivity contribution in [3.05, 3.63) is 40.6 Å². The molecule has 0 amide bonds. The first-order chi connectivity index (χ1) is 9.08. The van der Waals surface area contributed by atoms with Crippen molar-refractivity contribution in [2.45, 2.75) is 20.4 Å². The molecular weight excluding hydrogens is 324 g/mol. The zero-order valence-electron chi connectivity index (χ0n) is 10.8. The molecule has 0 spiro atoms. The molecule has 19 heavy (non-hydrogen) atoms. The average molecular weight is 339 g/mol. The summed E-state index contributed by atoms with van der Waals surface area (Å²) in [4.78, 5) is 0. The van der Waals surface area contributed by atoms with Crippen LogP contribution in [0.5, 0.6) is 0 Å². The summed E-state index contributed by atoms with van der Waals surface area (Å²) in [6.45, 7) is 4.85. The molecule has 1 aromatic carbocycles. The summed E-state index contributed by atoms with van der Waals surface area (Å²) >= 11 is 8.68. The van der Waals surface area contributed by atoms with Crippen LogP contribution in [0.3, 0.4) is 0 Å². The molecule has 2 N–H and O–H groups in total. The van der Waals surface area contributed by atoms with E-state index < -0.39 is 0 Å². The Morgan fingerprint density at radius 2 is 2.00 bits per heavy atom. The zero-order chi connectivity index (χ0) is 13.8. The minimum atomic E-state index is 0.557. The van der Waals surface area contributed by atoms with Gasteiger partial charge < -0.3 is 10.6 Å². The number of aryl methyl sites for hydroxylation is 2. The van der Waals surface area contributed by atoms with E-state index in [2.05, 4.69) is 38.6 Å². The number of rotatable bonds is 3. The molecule has 1 heterocycles. The lowest BCUT2D eigenvalue weighted by Gasteiger charge is -2.09. The average Bonchev–Trinajstić information content (AvgIpc) is 2.73. The lowest BCUT2D eigenvalue weighted by molar-refractivity contribution is 0.653. The molecular formula is C13H15BrN4S. The largest absolute Gasteiger partial charge is 0.332 e. The van der Waals surface area contributed by atoms with E-state index in [9.17, 15) is 0 Å². The van der Waals surface area contributed by atoms with Gasteiger partial charge in [-0.3, -0.25) is 4.68 Å². The number of thiocarbonyl (C=S) groups is 1. The highest BCUT2D eigenvalue weighted by atomic mass is 79.9. The number of benzene rings is 1. The third-order valence-corrected chi connectivity index (χ3v) is 3.35. The fourth-order valence-electron chi connectivity index (χ4n) is 1.62. The van der Waals surface area contributed by atoms with Gasteiger partial charge in [0.2, 0.25) is 0 Å². The summed E-state index contributed by atoms with van der Waals surface area (Å²) in [6, 6.07) is 7.84. The third kappa shape index (κ3) is 3.78. The Morgan fingerprint density at radius 1 is 1.32 bits per heavy atom.